The van der Waals surface area contributed by atoms with Crippen molar-refractivity contribution in [3.05, 3.63) is 29.8 Å². The van der Waals surface area contributed by atoms with Gasteiger partial charge in [0.05, 0.1) is 0 Å². The maximum absolute atomic E-state index is 11.8. The monoisotopic (exact) mass is 344 g/mol. The number of aliphatic imine (C=N–C) groups is 1. The second-order valence-corrected chi connectivity index (χ2v) is 7.25. The number of nitrogens with zero attached hydrogens (tertiary/aromatic N) is 2. The van der Waals surface area contributed by atoms with Gasteiger partial charge in [-0.2, -0.15) is 0 Å². The lowest BCUT2D eigenvalue weighted by atomic mass is 9.92. The lowest BCUT2D eigenvalue weighted by Gasteiger charge is -2.37. The van der Waals surface area contributed by atoms with Crippen LogP contribution in [-0.2, 0) is 11.3 Å². The quantitative estimate of drug-likeness (QED) is 0.635. The normalized spacial score (nSPS) is 21.1. The highest BCUT2D eigenvalue weighted by atomic mass is 16.1. The van der Waals surface area contributed by atoms with Gasteiger partial charge in [-0.3, -0.25) is 9.79 Å². The number of carbonyl (C=O) groups is 1. The Bertz CT molecular complexity index is 589. The molecule has 0 aliphatic carbocycles. The Kier molecular flexibility index (Phi) is 7.29. The summed E-state index contributed by atoms with van der Waals surface area (Å²) in [4.78, 5) is 18.6. The molecule has 25 heavy (non-hydrogen) atoms. The summed E-state index contributed by atoms with van der Waals surface area (Å²) in [7, 11) is 1.84. The van der Waals surface area contributed by atoms with Crippen molar-refractivity contribution in [3.8, 4) is 0 Å². The molecule has 138 valence electrons. The molecule has 1 amide bonds. The number of piperidine rings is 1. The zero-order valence-electron chi connectivity index (χ0n) is 16.0. The van der Waals surface area contributed by atoms with E-state index >= 15 is 0 Å². The first-order chi connectivity index (χ1) is 12.0. The lowest BCUT2D eigenvalue weighted by Crippen LogP contribution is -2.48. The van der Waals surface area contributed by atoms with E-state index in [-0.39, 0.29) is 5.91 Å². The zero-order valence-corrected chi connectivity index (χ0v) is 16.0. The highest BCUT2D eigenvalue weighted by Gasteiger charge is 2.23. The summed E-state index contributed by atoms with van der Waals surface area (Å²) >= 11 is 0. The van der Waals surface area contributed by atoms with Gasteiger partial charge in [-0.1, -0.05) is 32.9 Å². The van der Waals surface area contributed by atoms with Crippen molar-refractivity contribution in [2.45, 2.75) is 46.6 Å². The summed E-state index contributed by atoms with van der Waals surface area (Å²) < 4.78 is 0. The molecule has 2 unspecified atom stereocenters. The number of benzene rings is 1. The molecule has 1 aromatic carbocycles. The number of hydrogen-bond acceptors (Lipinski definition) is 2. The van der Waals surface area contributed by atoms with E-state index in [4.69, 9.17) is 0 Å². The smallest absolute Gasteiger partial charge is 0.224 e. The van der Waals surface area contributed by atoms with Crippen molar-refractivity contribution in [2.24, 2.45) is 16.8 Å². The fourth-order valence-corrected chi connectivity index (χ4v) is 3.56. The minimum atomic E-state index is 0.0692. The minimum Gasteiger partial charge on any atom is -0.352 e. The largest absolute Gasteiger partial charge is 0.352 e. The first-order valence-corrected chi connectivity index (χ1v) is 9.36. The highest BCUT2D eigenvalue weighted by Crippen LogP contribution is 2.21. The van der Waals surface area contributed by atoms with Gasteiger partial charge >= 0.3 is 0 Å². The van der Waals surface area contributed by atoms with E-state index in [0.29, 0.717) is 24.8 Å². The summed E-state index contributed by atoms with van der Waals surface area (Å²) in [6.45, 7) is 9.42. The van der Waals surface area contributed by atoms with Crippen molar-refractivity contribution in [3.63, 3.8) is 0 Å². The van der Waals surface area contributed by atoms with Gasteiger partial charge < -0.3 is 15.5 Å². The first-order valence-electron chi connectivity index (χ1n) is 9.36. The number of hydrogen-bond donors (Lipinski definition) is 2. The van der Waals surface area contributed by atoms with Crippen LogP contribution in [0.5, 0.6) is 0 Å². The first kappa shape index (κ1) is 19.3. The maximum Gasteiger partial charge on any atom is 0.224 e. The molecule has 2 rings (SSSR count). The van der Waals surface area contributed by atoms with Crippen LogP contribution in [0, 0.1) is 11.8 Å². The van der Waals surface area contributed by atoms with Gasteiger partial charge in [-0.15, -0.1) is 0 Å². The number of guanidine groups is 1. The molecule has 1 aliphatic rings. The summed E-state index contributed by atoms with van der Waals surface area (Å²) in [5.74, 6) is 2.41. The molecule has 1 heterocycles. The molecule has 1 fully saturated rings. The molecule has 2 atom stereocenters. The molecule has 5 nitrogen and oxygen atoms in total. The van der Waals surface area contributed by atoms with E-state index in [0.717, 1.165) is 36.7 Å². The molecule has 0 spiro atoms. The Hall–Kier alpha value is -2.04. The van der Waals surface area contributed by atoms with Gasteiger partial charge in [-0.25, -0.2) is 0 Å². The van der Waals surface area contributed by atoms with Gasteiger partial charge in [-0.05, 0) is 42.4 Å². The minimum absolute atomic E-state index is 0.0692. The van der Waals surface area contributed by atoms with Crippen LogP contribution in [0.15, 0.2) is 29.3 Å². The SMILES string of the molecule is CCCC(=O)Nc1cccc(CNC(=NC)N2CC(C)CC(C)C2)c1. The summed E-state index contributed by atoms with van der Waals surface area (Å²) in [5.41, 5.74) is 1.99. The number of anilines is 1. The van der Waals surface area contributed by atoms with E-state index in [9.17, 15) is 4.79 Å². The second kappa shape index (κ2) is 9.44. The zero-order chi connectivity index (χ0) is 18.2. The second-order valence-electron chi connectivity index (χ2n) is 7.25. The van der Waals surface area contributed by atoms with Crippen LogP contribution in [0.3, 0.4) is 0 Å². The average molecular weight is 345 g/mol. The van der Waals surface area contributed by atoms with Crippen molar-refractivity contribution in [1.29, 1.82) is 0 Å². The summed E-state index contributed by atoms with van der Waals surface area (Å²) in [6, 6.07) is 8.00. The number of amides is 1. The molecule has 0 aromatic heterocycles. The van der Waals surface area contributed by atoms with Crippen molar-refractivity contribution in [2.75, 3.05) is 25.5 Å². The van der Waals surface area contributed by atoms with Gasteiger partial charge in [0.1, 0.15) is 0 Å². The predicted octanol–water partition coefficient (Wildman–Crippen LogP) is 3.48. The van der Waals surface area contributed by atoms with Crippen LogP contribution in [0.25, 0.3) is 0 Å². The van der Waals surface area contributed by atoms with E-state index in [2.05, 4.69) is 40.4 Å². The molecule has 0 bridgehead atoms. The predicted molar refractivity (Wildman–Crippen MR) is 105 cm³/mol. The Morgan fingerprint density at radius 1 is 1.28 bits per heavy atom. The molecular weight excluding hydrogens is 312 g/mol. The Morgan fingerprint density at radius 2 is 2.00 bits per heavy atom. The van der Waals surface area contributed by atoms with Crippen LogP contribution in [-0.4, -0.2) is 36.9 Å². The van der Waals surface area contributed by atoms with Crippen LogP contribution >= 0.6 is 0 Å². The van der Waals surface area contributed by atoms with E-state index in [1.807, 2.05) is 32.2 Å². The fourth-order valence-electron chi connectivity index (χ4n) is 3.56. The van der Waals surface area contributed by atoms with Crippen molar-refractivity contribution in [1.82, 2.24) is 10.2 Å². The molecule has 1 saturated heterocycles. The number of likely N-dealkylation sites (tertiary alicyclic amines) is 1. The molecule has 0 radical (unpaired) electrons. The third-order valence-electron chi connectivity index (χ3n) is 4.52. The third-order valence-corrected chi connectivity index (χ3v) is 4.52. The van der Waals surface area contributed by atoms with Crippen molar-refractivity contribution < 1.29 is 4.79 Å². The number of nitrogens with one attached hydrogen (secondary N) is 2. The topological polar surface area (TPSA) is 56.7 Å². The fraction of sp³-hybridized carbons (Fsp3) is 0.600. The van der Waals surface area contributed by atoms with Gasteiger partial charge in [0.25, 0.3) is 0 Å². The molecule has 1 aromatic rings. The van der Waals surface area contributed by atoms with E-state index in [1.54, 1.807) is 0 Å². The third kappa shape index (κ3) is 6.07. The van der Waals surface area contributed by atoms with E-state index in [1.165, 1.54) is 6.42 Å². The molecule has 5 heteroatoms. The standard InChI is InChI=1S/C20H32N4O/c1-5-7-19(25)23-18-9-6-8-17(11-18)12-22-20(21-4)24-13-15(2)10-16(3)14-24/h6,8-9,11,15-16H,5,7,10,12-14H2,1-4H3,(H,21,22)(H,23,25). The molecular formula is C20H32N4O. The number of rotatable bonds is 5. The average Bonchev–Trinajstić information content (AvgIpc) is 2.55. The highest BCUT2D eigenvalue weighted by molar-refractivity contribution is 5.90. The Labute approximate surface area is 151 Å². The summed E-state index contributed by atoms with van der Waals surface area (Å²) in [5, 5.41) is 6.42. The maximum atomic E-state index is 11.8. The van der Waals surface area contributed by atoms with Crippen LogP contribution in [0.4, 0.5) is 5.69 Å². The Morgan fingerprint density at radius 3 is 2.64 bits per heavy atom. The van der Waals surface area contributed by atoms with Crippen LogP contribution < -0.4 is 10.6 Å². The number of carbonyl (C=O) groups excluding carboxylic acids is 1. The molecule has 0 saturated carbocycles. The Balaban J connectivity index is 1.94. The molecule has 2 N–H and O–H groups in total. The molecule has 1 aliphatic heterocycles. The summed E-state index contributed by atoms with van der Waals surface area (Å²) in [6.07, 6.45) is 2.70. The van der Waals surface area contributed by atoms with Crippen molar-refractivity contribution >= 4 is 17.6 Å². The van der Waals surface area contributed by atoms with Gasteiger partial charge in [0.2, 0.25) is 5.91 Å². The van der Waals surface area contributed by atoms with Crippen LogP contribution in [0.1, 0.15) is 45.6 Å². The van der Waals surface area contributed by atoms with Gasteiger partial charge in [0, 0.05) is 38.8 Å². The van der Waals surface area contributed by atoms with E-state index < -0.39 is 0 Å². The van der Waals surface area contributed by atoms with Crippen LogP contribution in [0.2, 0.25) is 0 Å². The lowest BCUT2D eigenvalue weighted by molar-refractivity contribution is -0.116. The van der Waals surface area contributed by atoms with Gasteiger partial charge in [0.15, 0.2) is 5.96 Å².